The lowest BCUT2D eigenvalue weighted by atomic mass is 10.1. The summed E-state index contributed by atoms with van der Waals surface area (Å²) in [4.78, 5) is 0.0865. The first-order valence-electron chi connectivity index (χ1n) is 5.40. The molecule has 1 aliphatic rings. The molecule has 0 aliphatic carbocycles. The van der Waals surface area contributed by atoms with Gasteiger partial charge in [0.1, 0.15) is 9.23 Å². The zero-order valence-electron chi connectivity index (χ0n) is 9.57. The van der Waals surface area contributed by atoms with Crippen LogP contribution in [0.15, 0.2) is 11.0 Å². The largest absolute Gasteiger partial charge is 0.245 e. The Labute approximate surface area is 126 Å². The lowest BCUT2D eigenvalue weighted by molar-refractivity contribution is 0.375. The van der Waals surface area contributed by atoms with Gasteiger partial charge in [0.2, 0.25) is 10.0 Å². The molecule has 2 rings (SSSR count). The van der Waals surface area contributed by atoms with Gasteiger partial charge in [0.25, 0.3) is 0 Å². The van der Waals surface area contributed by atoms with Gasteiger partial charge in [0, 0.05) is 18.5 Å². The highest BCUT2D eigenvalue weighted by atomic mass is 35.5. The van der Waals surface area contributed by atoms with Crippen molar-refractivity contribution in [1.82, 2.24) is 4.31 Å². The first-order chi connectivity index (χ1) is 8.37. The molecule has 1 aromatic rings. The van der Waals surface area contributed by atoms with E-state index in [2.05, 4.69) is 0 Å². The highest BCUT2D eigenvalue weighted by Crippen LogP contribution is 2.38. The maximum atomic E-state index is 12.5. The third-order valence-electron chi connectivity index (χ3n) is 3.20. The molecule has 0 N–H and O–H groups in total. The molecule has 2 heterocycles. The molecule has 2 atom stereocenters. The quantitative estimate of drug-likeness (QED) is 0.781. The molecule has 8 heteroatoms. The second-order valence-corrected chi connectivity index (χ2v) is 8.74. The molecule has 0 radical (unpaired) electrons. The molecule has 0 spiro atoms. The van der Waals surface area contributed by atoms with Crippen LogP contribution in [0, 0.1) is 5.92 Å². The van der Waals surface area contributed by atoms with E-state index in [1.54, 1.807) is 0 Å². The molecule has 102 valence electrons. The summed E-state index contributed by atoms with van der Waals surface area (Å²) in [7, 11) is -3.60. The smallest absolute Gasteiger partial charge is 0.207 e. The van der Waals surface area contributed by atoms with E-state index in [1.165, 1.54) is 10.4 Å². The number of thiophene rings is 1. The predicted octanol–water partition coefficient (Wildman–Crippen LogP) is 3.69. The van der Waals surface area contributed by atoms with Crippen LogP contribution in [0.5, 0.6) is 0 Å². The van der Waals surface area contributed by atoms with E-state index in [0.29, 0.717) is 10.9 Å². The first-order valence-corrected chi connectivity index (χ1v) is 8.95. The number of alkyl halides is 1. The van der Waals surface area contributed by atoms with Gasteiger partial charge in [-0.15, -0.1) is 22.9 Å². The summed E-state index contributed by atoms with van der Waals surface area (Å²) in [6, 6.07) is 1.23. The molecule has 0 amide bonds. The molecular formula is C10H12Cl3NO2S2. The van der Waals surface area contributed by atoms with E-state index in [9.17, 15) is 8.42 Å². The van der Waals surface area contributed by atoms with Crippen LogP contribution in [0.2, 0.25) is 8.67 Å². The summed E-state index contributed by atoms with van der Waals surface area (Å²) in [5.74, 6) is 0.542. The van der Waals surface area contributed by atoms with E-state index in [0.717, 1.165) is 17.8 Å². The fourth-order valence-corrected chi connectivity index (χ4v) is 6.53. The van der Waals surface area contributed by atoms with Crippen molar-refractivity contribution >= 4 is 56.2 Å². The molecule has 1 aliphatic heterocycles. The Morgan fingerprint density at radius 2 is 2.17 bits per heavy atom. The Morgan fingerprint density at radius 1 is 1.50 bits per heavy atom. The first kappa shape index (κ1) is 14.9. The van der Waals surface area contributed by atoms with Gasteiger partial charge in [-0.05, 0) is 18.4 Å². The second kappa shape index (κ2) is 5.46. The normalized spacial score (nSPS) is 25.8. The third-order valence-corrected chi connectivity index (χ3v) is 7.20. The van der Waals surface area contributed by atoms with Gasteiger partial charge in [0.05, 0.1) is 4.34 Å². The van der Waals surface area contributed by atoms with Crippen molar-refractivity contribution in [3.63, 3.8) is 0 Å². The van der Waals surface area contributed by atoms with Gasteiger partial charge in [-0.25, -0.2) is 8.42 Å². The molecule has 0 bridgehead atoms. The van der Waals surface area contributed by atoms with Gasteiger partial charge in [-0.2, -0.15) is 4.31 Å². The standard InChI is InChI=1S/C10H12Cl3NO2S2/c1-6-2-3-14(7(6)5-11)18(15,16)8-4-9(12)17-10(8)13/h4,6-7H,2-3,5H2,1H3. The summed E-state index contributed by atoms with van der Waals surface area (Å²) >= 11 is 18.7. The Morgan fingerprint density at radius 3 is 2.67 bits per heavy atom. The minimum atomic E-state index is -3.60. The van der Waals surface area contributed by atoms with E-state index in [1.807, 2.05) is 6.92 Å². The summed E-state index contributed by atoms with van der Waals surface area (Å²) in [5, 5.41) is 0. The average Bonchev–Trinajstić information content (AvgIpc) is 2.82. The summed E-state index contributed by atoms with van der Waals surface area (Å²) in [6.45, 7) is 2.48. The van der Waals surface area contributed by atoms with Crippen LogP contribution >= 0.6 is 46.1 Å². The zero-order chi connectivity index (χ0) is 13.5. The van der Waals surface area contributed by atoms with Crippen LogP contribution in [0.25, 0.3) is 0 Å². The monoisotopic (exact) mass is 347 g/mol. The number of hydrogen-bond donors (Lipinski definition) is 0. The molecule has 0 saturated carbocycles. The van der Waals surface area contributed by atoms with Crippen molar-refractivity contribution in [3.8, 4) is 0 Å². The van der Waals surface area contributed by atoms with E-state index < -0.39 is 10.0 Å². The van der Waals surface area contributed by atoms with Crippen molar-refractivity contribution in [2.75, 3.05) is 12.4 Å². The van der Waals surface area contributed by atoms with Crippen LogP contribution in [-0.4, -0.2) is 31.2 Å². The van der Waals surface area contributed by atoms with Crippen molar-refractivity contribution in [3.05, 3.63) is 14.7 Å². The summed E-state index contributed by atoms with van der Waals surface area (Å²) in [5.41, 5.74) is 0. The fourth-order valence-electron chi connectivity index (χ4n) is 2.13. The zero-order valence-corrected chi connectivity index (χ0v) is 13.5. The minimum absolute atomic E-state index is 0.0865. The van der Waals surface area contributed by atoms with Gasteiger partial charge < -0.3 is 0 Å². The maximum Gasteiger partial charge on any atom is 0.245 e. The number of nitrogens with zero attached hydrogens (tertiary/aromatic N) is 1. The van der Waals surface area contributed by atoms with Crippen molar-refractivity contribution < 1.29 is 8.42 Å². The molecular weight excluding hydrogens is 337 g/mol. The Bertz CT molecular complexity index is 543. The molecule has 3 nitrogen and oxygen atoms in total. The molecule has 0 aromatic carbocycles. The Kier molecular flexibility index (Phi) is 4.52. The Balaban J connectivity index is 2.40. The fraction of sp³-hybridized carbons (Fsp3) is 0.600. The average molecular weight is 349 g/mol. The number of halogens is 3. The lowest BCUT2D eigenvalue weighted by Gasteiger charge is -2.24. The van der Waals surface area contributed by atoms with E-state index >= 15 is 0 Å². The highest BCUT2D eigenvalue weighted by molar-refractivity contribution is 7.89. The van der Waals surface area contributed by atoms with Gasteiger partial charge in [0.15, 0.2) is 0 Å². The maximum absolute atomic E-state index is 12.5. The van der Waals surface area contributed by atoms with Crippen molar-refractivity contribution in [2.45, 2.75) is 24.3 Å². The van der Waals surface area contributed by atoms with Crippen LogP contribution in [0.3, 0.4) is 0 Å². The molecule has 18 heavy (non-hydrogen) atoms. The summed E-state index contributed by atoms with van der Waals surface area (Å²) < 4.78 is 27.0. The topological polar surface area (TPSA) is 37.4 Å². The van der Waals surface area contributed by atoms with Gasteiger partial charge in [-0.3, -0.25) is 0 Å². The Hall–Kier alpha value is 0.480. The lowest BCUT2D eigenvalue weighted by Crippen LogP contribution is -2.38. The molecule has 2 unspecified atom stereocenters. The highest BCUT2D eigenvalue weighted by Gasteiger charge is 2.40. The minimum Gasteiger partial charge on any atom is -0.207 e. The van der Waals surface area contributed by atoms with Crippen LogP contribution < -0.4 is 0 Å². The molecule has 1 aromatic heterocycles. The number of sulfonamides is 1. The van der Waals surface area contributed by atoms with Crippen LogP contribution in [-0.2, 0) is 10.0 Å². The van der Waals surface area contributed by atoms with Crippen molar-refractivity contribution in [1.29, 1.82) is 0 Å². The SMILES string of the molecule is CC1CCN(S(=O)(=O)c2cc(Cl)sc2Cl)C1CCl. The third kappa shape index (κ3) is 2.53. The van der Waals surface area contributed by atoms with Crippen molar-refractivity contribution in [2.24, 2.45) is 5.92 Å². The van der Waals surface area contributed by atoms with E-state index in [4.69, 9.17) is 34.8 Å². The molecule has 1 saturated heterocycles. The van der Waals surface area contributed by atoms with E-state index in [-0.39, 0.29) is 27.1 Å². The molecule has 1 fully saturated rings. The summed E-state index contributed by atoms with van der Waals surface area (Å²) in [6.07, 6.45) is 0.812. The van der Waals surface area contributed by atoms with Crippen LogP contribution in [0.4, 0.5) is 0 Å². The number of rotatable bonds is 3. The van der Waals surface area contributed by atoms with Gasteiger partial charge in [-0.1, -0.05) is 30.1 Å². The number of hydrogen-bond acceptors (Lipinski definition) is 3. The van der Waals surface area contributed by atoms with Crippen LogP contribution in [0.1, 0.15) is 13.3 Å². The predicted molar refractivity (Wildman–Crippen MR) is 76.5 cm³/mol. The second-order valence-electron chi connectivity index (χ2n) is 4.29. The van der Waals surface area contributed by atoms with Gasteiger partial charge >= 0.3 is 0 Å².